The Balaban J connectivity index is 2.05. The number of aryl methyl sites for hydroxylation is 1. The van der Waals surface area contributed by atoms with Crippen molar-refractivity contribution in [3.8, 4) is 11.5 Å². The smallest absolute Gasteiger partial charge is 0.161 e. The molecule has 1 aromatic heterocycles. The maximum atomic E-state index is 5.35. The maximum absolute atomic E-state index is 5.35. The van der Waals surface area contributed by atoms with Gasteiger partial charge in [0.25, 0.3) is 0 Å². The van der Waals surface area contributed by atoms with Crippen molar-refractivity contribution in [3.05, 3.63) is 42.0 Å². The van der Waals surface area contributed by atoms with E-state index in [9.17, 15) is 0 Å². The van der Waals surface area contributed by atoms with Crippen molar-refractivity contribution in [2.75, 3.05) is 14.2 Å². The average molecular weight is 289 g/mol. The van der Waals surface area contributed by atoms with Crippen molar-refractivity contribution in [1.29, 1.82) is 0 Å². The molecule has 5 nitrogen and oxygen atoms in total. The Bertz CT molecular complexity index is 581. The van der Waals surface area contributed by atoms with Crippen LogP contribution in [-0.2, 0) is 13.1 Å². The average Bonchev–Trinajstić information content (AvgIpc) is 2.99. The Labute approximate surface area is 125 Å². The lowest BCUT2D eigenvalue weighted by molar-refractivity contribution is 0.354. The van der Waals surface area contributed by atoms with E-state index in [2.05, 4.69) is 34.8 Å². The molecule has 0 radical (unpaired) electrons. The molecule has 0 aliphatic heterocycles. The van der Waals surface area contributed by atoms with E-state index in [1.54, 1.807) is 14.2 Å². The van der Waals surface area contributed by atoms with Crippen molar-refractivity contribution >= 4 is 0 Å². The third-order valence-corrected chi connectivity index (χ3v) is 3.64. The zero-order valence-corrected chi connectivity index (χ0v) is 13.1. The molecule has 0 aliphatic carbocycles. The number of benzene rings is 1. The number of imidazole rings is 1. The summed E-state index contributed by atoms with van der Waals surface area (Å²) in [6.45, 7) is 5.96. The molecule has 0 spiro atoms. The van der Waals surface area contributed by atoms with Crippen LogP contribution in [0.25, 0.3) is 0 Å². The number of aromatic nitrogens is 2. The molecular weight excluding hydrogens is 266 g/mol. The third-order valence-electron chi connectivity index (χ3n) is 3.64. The summed E-state index contributed by atoms with van der Waals surface area (Å²) < 4.78 is 12.7. The van der Waals surface area contributed by atoms with Crippen LogP contribution in [0.15, 0.2) is 30.7 Å². The molecule has 0 amide bonds. The van der Waals surface area contributed by atoms with Gasteiger partial charge in [-0.3, -0.25) is 0 Å². The van der Waals surface area contributed by atoms with Gasteiger partial charge in [-0.2, -0.15) is 0 Å². The van der Waals surface area contributed by atoms with E-state index in [-0.39, 0.29) is 6.04 Å². The summed E-state index contributed by atoms with van der Waals surface area (Å²) in [5, 5.41) is 3.51. The van der Waals surface area contributed by atoms with Gasteiger partial charge in [-0.1, -0.05) is 6.07 Å². The monoisotopic (exact) mass is 289 g/mol. The molecular formula is C16H23N3O2. The molecule has 1 unspecified atom stereocenters. The summed E-state index contributed by atoms with van der Waals surface area (Å²) in [5.74, 6) is 1.50. The summed E-state index contributed by atoms with van der Waals surface area (Å²) in [5.41, 5.74) is 2.35. The normalized spacial score (nSPS) is 12.2. The maximum Gasteiger partial charge on any atom is 0.161 e. The first-order valence-corrected chi connectivity index (χ1v) is 7.13. The zero-order chi connectivity index (χ0) is 15.2. The van der Waals surface area contributed by atoms with Gasteiger partial charge >= 0.3 is 0 Å². The standard InChI is InChI=1S/C16H23N3O2/c1-5-19-11-17-9-14(19)10-18-12(2)13-6-7-15(20-3)16(8-13)21-4/h6-9,11-12,18H,5,10H2,1-4H3. The molecule has 1 atom stereocenters. The van der Waals surface area contributed by atoms with Crippen LogP contribution in [0.4, 0.5) is 0 Å². The molecule has 0 saturated carbocycles. The Morgan fingerprint density at radius 3 is 2.67 bits per heavy atom. The topological polar surface area (TPSA) is 48.3 Å². The Hall–Kier alpha value is -2.01. The zero-order valence-electron chi connectivity index (χ0n) is 13.1. The number of hydrogen-bond acceptors (Lipinski definition) is 4. The van der Waals surface area contributed by atoms with E-state index in [4.69, 9.17) is 9.47 Å². The Morgan fingerprint density at radius 2 is 2.00 bits per heavy atom. The fraction of sp³-hybridized carbons (Fsp3) is 0.438. The van der Waals surface area contributed by atoms with Crippen molar-refractivity contribution in [1.82, 2.24) is 14.9 Å². The highest BCUT2D eigenvalue weighted by molar-refractivity contribution is 5.43. The molecule has 2 aromatic rings. The van der Waals surface area contributed by atoms with E-state index in [0.717, 1.165) is 30.2 Å². The van der Waals surface area contributed by atoms with Crippen LogP contribution in [-0.4, -0.2) is 23.8 Å². The molecule has 2 rings (SSSR count). The third kappa shape index (κ3) is 3.55. The Morgan fingerprint density at radius 1 is 1.24 bits per heavy atom. The lowest BCUT2D eigenvalue weighted by atomic mass is 10.1. The molecule has 5 heteroatoms. The van der Waals surface area contributed by atoms with Crippen LogP contribution >= 0.6 is 0 Å². The van der Waals surface area contributed by atoms with Crippen molar-refractivity contribution in [2.24, 2.45) is 0 Å². The number of rotatable bonds is 7. The Kier molecular flexibility index (Phi) is 5.22. The van der Waals surface area contributed by atoms with E-state index < -0.39 is 0 Å². The van der Waals surface area contributed by atoms with E-state index in [0.29, 0.717) is 0 Å². The number of nitrogens with zero attached hydrogens (tertiary/aromatic N) is 2. The first-order valence-electron chi connectivity index (χ1n) is 7.13. The van der Waals surface area contributed by atoms with Crippen LogP contribution < -0.4 is 14.8 Å². The quantitative estimate of drug-likeness (QED) is 0.851. The van der Waals surface area contributed by atoms with Crippen molar-refractivity contribution in [3.63, 3.8) is 0 Å². The van der Waals surface area contributed by atoms with Crippen LogP contribution in [0.1, 0.15) is 31.1 Å². The van der Waals surface area contributed by atoms with Gasteiger partial charge in [-0.15, -0.1) is 0 Å². The van der Waals surface area contributed by atoms with Crippen molar-refractivity contribution < 1.29 is 9.47 Å². The molecule has 0 bridgehead atoms. The predicted molar refractivity (Wildman–Crippen MR) is 82.7 cm³/mol. The van der Waals surface area contributed by atoms with Gasteiger partial charge in [0.15, 0.2) is 11.5 Å². The van der Waals surface area contributed by atoms with Crippen molar-refractivity contribution in [2.45, 2.75) is 33.0 Å². The number of ether oxygens (including phenoxy) is 2. The second-order valence-electron chi connectivity index (χ2n) is 4.89. The lowest BCUT2D eigenvalue weighted by Gasteiger charge is -2.17. The van der Waals surface area contributed by atoms with Gasteiger partial charge in [0.1, 0.15) is 0 Å². The summed E-state index contributed by atoms with van der Waals surface area (Å²) in [6.07, 6.45) is 3.76. The minimum absolute atomic E-state index is 0.213. The molecule has 0 fully saturated rings. The highest BCUT2D eigenvalue weighted by Crippen LogP contribution is 2.29. The van der Waals surface area contributed by atoms with Gasteiger partial charge < -0.3 is 19.4 Å². The van der Waals surface area contributed by atoms with Crippen LogP contribution in [0.5, 0.6) is 11.5 Å². The fourth-order valence-electron chi connectivity index (χ4n) is 2.28. The predicted octanol–water partition coefficient (Wildman–Crippen LogP) is 2.77. The lowest BCUT2D eigenvalue weighted by Crippen LogP contribution is -2.20. The van der Waals surface area contributed by atoms with Gasteiger partial charge in [-0.05, 0) is 31.5 Å². The largest absolute Gasteiger partial charge is 0.493 e. The molecule has 1 aromatic carbocycles. The van der Waals surface area contributed by atoms with Crippen LogP contribution in [0, 0.1) is 0 Å². The number of methoxy groups -OCH3 is 2. The molecule has 0 saturated heterocycles. The van der Waals surface area contributed by atoms with Crippen LogP contribution in [0.2, 0.25) is 0 Å². The van der Waals surface area contributed by atoms with Gasteiger partial charge in [-0.25, -0.2) is 4.98 Å². The SMILES string of the molecule is CCn1cncc1CNC(C)c1ccc(OC)c(OC)c1. The highest BCUT2D eigenvalue weighted by atomic mass is 16.5. The first kappa shape index (κ1) is 15.4. The van der Waals surface area contributed by atoms with Crippen LogP contribution in [0.3, 0.4) is 0 Å². The second-order valence-corrected chi connectivity index (χ2v) is 4.89. The summed E-state index contributed by atoms with van der Waals surface area (Å²) in [6, 6.07) is 6.21. The second kappa shape index (κ2) is 7.13. The fourth-order valence-corrected chi connectivity index (χ4v) is 2.28. The molecule has 0 aliphatic rings. The minimum Gasteiger partial charge on any atom is -0.493 e. The number of nitrogens with one attached hydrogen (secondary N) is 1. The molecule has 21 heavy (non-hydrogen) atoms. The van der Waals surface area contributed by atoms with Gasteiger partial charge in [0.05, 0.1) is 26.2 Å². The minimum atomic E-state index is 0.213. The highest BCUT2D eigenvalue weighted by Gasteiger charge is 2.10. The van der Waals surface area contributed by atoms with Gasteiger partial charge in [0.2, 0.25) is 0 Å². The van der Waals surface area contributed by atoms with Gasteiger partial charge in [0, 0.05) is 25.3 Å². The van der Waals surface area contributed by atoms with E-state index in [1.165, 1.54) is 5.69 Å². The summed E-state index contributed by atoms with van der Waals surface area (Å²) in [7, 11) is 3.30. The summed E-state index contributed by atoms with van der Waals surface area (Å²) >= 11 is 0. The molecule has 1 N–H and O–H groups in total. The van der Waals surface area contributed by atoms with E-state index >= 15 is 0 Å². The van der Waals surface area contributed by atoms with E-state index in [1.807, 2.05) is 24.7 Å². The molecule has 114 valence electrons. The number of hydrogen-bond donors (Lipinski definition) is 1. The molecule has 1 heterocycles. The summed E-state index contributed by atoms with van der Waals surface area (Å²) in [4.78, 5) is 4.18. The first-order chi connectivity index (χ1) is 10.2.